The van der Waals surface area contributed by atoms with Crippen molar-refractivity contribution in [1.29, 1.82) is 0 Å². The molecule has 236 valence electrons. The molecule has 12 heteroatoms. The number of aliphatic hydroxyl groups is 1. The number of aromatic nitrogens is 1. The first-order chi connectivity index (χ1) is 22.3. The van der Waals surface area contributed by atoms with Crippen molar-refractivity contribution < 1.29 is 43.2 Å². The van der Waals surface area contributed by atoms with Gasteiger partial charge in [0.25, 0.3) is 5.78 Å². The fourth-order valence-electron chi connectivity index (χ4n) is 5.28. The van der Waals surface area contributed by atoms with Gasteiger partial charge in [-0.3, -0.25) is 14.5 Å². The lowest BCUT2D eigenvalue weighted by atomic mass is 9.95. The highest BCUT2D eigenvalue weighted by molar-refractivity contribution is 7.17. The number of esters is 1. The van der Waals surface area contributed by atoms with Crippen LogP contribution in [-0.2, 0) is 20.9 Å². The Morgan fingerprint density at radius 3 is 2.50 bits per heavy atom. The number of thiazole rings is 1. The number of nitrogens with zero attached hydrogens (tertiary/aromatic N) is 2. The molecule has 1 aromatic heterocycles. The molecule has 1 atom stereocenters. The summed E-state index contributed by atoms with van der Waals surface area (Å²) in [7, 11) is 1.25. The number of fused-ring (bicyclic) bond motifs is 1. The van der Waals surface area contributed by atoms with E-state index in [4.69, 9.17) is 23.7 Å². The van der Waals surface area contributed by atoms with E-state index in [1.54, 1.807) is 43.3 Å². The summed E-state index contributed by atoms with van der Waals surface area (Å²) in [6, 6.07) is 18.4. The van der Waals surface area contributed by atoms with E-state index < -0.39 is 29.5 Å². The van der Waals surface area contributed by atoms with E-state index in [9.17, 15) is 19.5 Å². The Morgan fingerprint density at radius 1 is 1.00 bits per heavy atom. The Kier molecular flexibility index (Phi) is 8.62. The highest BCUT2D eigenvalue weighted by Crippen LogP contribution is 2.46. The number of ketones is 1. The van der Waals surface area contributed by atoms with Gasteiger partial charge in [-0.2, -0.15) is 0 Å². The molecule has 0 saturated carbocycles. The molecule has 3 aromatic carbocycles. The van der Waals surface area contributed by atoms with Crippen molar-refractivity contribution in [2.24, 2.45) is 0 Å². The third-order valence-electron chi connectivity index (χ3n) is 7.44. The molecule has 46 heavy (non-hydrogen) atoms. The maximum Gasteiger partial charge on any atom is 0.350 e. The molecular formula is C34H30N2O9S. The maximum atomic E-state index is 13.8. The monoisotopic (exact) mass is 642 g/mol. The number of aryl methyl sites for hydroxylation is 1. The molecule has 0 aliphatic carbocycles. The quantitative estimate of drug-likeness (QED) is 0.106. The van der Waals surface area contributed by atoms with Gasteiger partial charge in [-0.25, -0.2) is 9.78 Å². The van der Waals surface area contributed by atoms with Crippen LogP contribution in [0.15, 0.2) is 72.3 Å². The van der Waals surface area contributed by atoms with Crippen LogP contribution < -0.4 is 23.8 Å². The smallest absolute Gasteiger partial charge is 0.350 e. The summed E-state index contributed by atoms with van der Waals surface area (Å²) in [6.07, 6.45) is 0. The minimum absolute atomic E-state index is 0.0913. The average Bonchev–Trinajstić information content (AvgIpc) is 3.59. The Labute approximate surface area is 268 Å². The Balaban J connectivity index is 1.48. The number of anilines is 1. The van der Waals surface area contributed by atoms with Gasteiger partial charge in [-0.05, 0) is 55.3 Å². The number of ether oxygens (including phenoxy) is 5. The van der Waals surface area contributed by atoms with E-state index in [0.29, 0.717) is 54.1 Å². The van der Waals surface area contributed by atoms with E-state index in [1.165, 1.54) is 12.0 Å². The van der Waals surface area contributed by atoms with E-state index in [2.05, 4.69) is 4.98 Å². The topological polar surface area (TPSA) is 134 Å². The molecule has 1 saturated heterocycles. The van der Waals surface area contributed by atoms with Gasteiger partial charge in [0.05, 0.1) is 31.0 Å². The SMILES string of the molecule is CCOc1cc(C2C(=C(O)c3ccc4c(c3)OCCO4)C(=O)C(=O)N2c2nc(C)c(C(=O)OC)s2)ccc1OCc1ccccc1. The number of carbonyl (C=O) groups excluding carboxylic acids is 3. The van der Waals surface area contributed by atoms with Crippen LogP contribution in [0.1, 0.15) is 45.0 Å². The number of amides is 1. The highest BCUT2D eigenvalue weighted by Gasteiger charge is 2.49. The first-order valence-corrected chi connectivity index (χ1v) is 15.3. The van der Waals surface area contributed by atoms with Gasteiger partial charge in [-0.1, -0.05) is 47.7 Å². The molecule has 0 bridgehead atoms. The van der Waals surface area contributed by atoms with Gasteiger partial charge in [0.15, 0.2) is 28.1 Å². The van der Waals surface area contributed by atoms with E-state index >= 15 is 0 Å². The van der Waals surface area contributed by atoms with Gasteiger partial charge in [0, 0.05) is 5.56 Å². The number of rotatable bonds is 9. The fraction of sp³-hybridized carbons (Fsp3) is 0.235. The van der Waals surface area contributed by atoms with Crippen molar-refractivity contribution in [1.82, 2.24) is 4.98 Å². The molecule has 6 rings (SSSR count). The maximum absolute atomic E-state index is 13.8. The van der Waals surface area contributed by atoms with Crippen molar-refractivity contribution in [3.63, 3.8) is 0 Å². The molecule has 1 fully saturated rings. The van der Waals surface area contributed by atoms with Crippen LogP contribution in [0.25, 0.3) is 5.76 Å². The standard InChI is InChI=1S/C34H30N2O9S/c1-4-42-25-16-21(10-12-24(25)45-18-20-8-6-5-7-9-20)28-27(29(37)22-11-13-23-26(17-22)44-15-14-43-23)30(38)32(39)36(28)34-35-19(2)31(46-34)33(40)41-3/h5-13,16-17,28,37H,4,14-15,18H2,1-3H3. The molecule has 2 aliphatic heterocycles. The second-order valence-corrected chi connectivity index (χ2v) is 11.3. The van der Waals surface area contributed by atoms with Crippen molar-refractivity contribution >= 4 is 39.9 Å². The third kappa shape index (κ3) is 5.74. The van der Waals surface area contributed by atoms with Gasteiger partial charge in [0.2, 0.25) is 0 Å². The number of hydrogen-bond donors (Lipinski definition) is 1. The number of aliphatic hydroxyl groups excluding tert-OH is 1. The van der Waals surface area contributed by atoms with Crippen molar-refractivity contribution in [3.8, 4) is 23.0 Å². The predicted molar refractivity (Wildman–Crippen MR) is 169 cm³/mol. The predicted octanol–water partition coefficient (Wildman–Crippen LogP) is 5.61. The first kappa shape index (κ1) is 30.7. The molecule has 11 nitrogen and oxygen atoms in total. The second-order valence-electron chi connectivity index (χ2n) is 10.3. The molecule has 1 amide bonds. The van der Waals surface area contributed by atoms with Crippen LogP contribution in [0.4, 0.5) is 5.13 Å². The largest absolute Gasteiger partial charge is 0.507 e. The van der Waals surface area contributed by atoms with Crippen LogP contribution in [0.2, 0.25) is 0 Å². The first-order valence-electron chi connectivity index (χ1n) is 14.5. The van der Waals surface area contributed by atoms with Gasteiger partial charge in [-0.15, -0.1) is 0 Å². The minimum Gasteiger partial charge on any atom is -0.507 e. The molecule has 0 spiro atoms. The summed E-state index contributed by atoms with van der Waals surface area (Å²) in [4.78, 5) is 45.8. The van der Waals surface area contributed by atoms with Gasteiger partial charge in [0.1, 0.15) is 30.5 Å². The summed E-state index contributed by atoms with van der Waals surface area (Å²) < 4.78 is 28.2. The van der Waals surface area contributed by atoms with Crippen molar-refractivity contribution in [2.75, 3.05) is 31.8 Å². The van der Waals surface area contributed by atoms with E-state index in [0.717, 1.165) is 16.9 Å². The lowest BCUT2D eigenvalue weighted by Crippen LogP contribution is -2.29. The minimum atomic E-state index is -1.13. The Hall–Kier alpha value is -5.36. The van der Waals surface area contributed by atoms with Crippen molar-refractivity contribution in [2.45, 2.75) is 26.5 Å². The van der Waals surface area contributed by atoms with Gasteiger partial charge < -0.3 is 28.8 Å². The zero-order chi connectivity index (χ0) is 32.4. The summed E-state index contributed by atoms with van der Waals surface area (Å²) in [5.41, 5.74) is 1.82. The number of Topliss-reactive ketones (excluding diaryl/α,β-unsaturated/α-hetero) is 1. The zero-order valence-electron chi connectivity index (χ0n) is 25.3. The summed E-state index contributed by atoms with van der Waals surface area (Å²) >= 11 is 0.916. The fourth-order valence-corrected chi connectivity index (χ4v) is 6.29. The Bertz CT molecular complexity index is 1850. The second kappa shape index (κ2) is 12.9. The number of hydrogen-bond acceptors (Lipinski definition) is 11. The normalized spacial score (nSPS) is 16.8. The van der Waals surface area contributed by atoms with Crippen LogP contribution >= 0.6 is 11.3 Å². The van der Waals surface area contributed by atoms with Crippen LogP contribution in [0.3, 0.4) is 0 Å². The van der Waals surface area contributed by atoms with E-state index in [-0.39, 0.29) is 27.8 Å². The summed E-state index contributed by atoms with van der Waals surface area (Å²) in [5.74, 6) is -1.14. The van der Waals surface area contributed by atoms with Crippen LogP contribution in [-0.4, -0.2) is 54.7 Å². The Morgan fingerprint density at radius 2 is 1.76 bits per heavy atom. The number of methoxy groups -OCH3 is 1. The third-order valence-corrected chi connectivity index (χ3v) is 8.58. The molecule has 1 N–H and O–H groups in total. The lowest BCUT2D eigenvalue weighted by molar-refractivity contribution is -0.132. The molecule has 4 aromatic rings. The van der Waals surface area contributed by atoms with Crippen LogP contribution in [0.5, 0.6) is 23.0 Å². The summed E-state index contributed by atoms with van der Waals surface area (Å²) in [5, 5.41) is 11.8. The van der Waals surface area contributed by atoms with Crippen molar-refractivity contribution in [3.05, 3.63) is 99.6 Å². The number of carbonyl (C=O) groups is 3. The number of benzene rings is 3. The summed E-state index contributed by atoms with van der Waals surface area (Å²) in [6.45, 7) is 4.76. The average molecular weight is 643 g/mol. The molecular weight excluding hydrogens is 612 g/mol. The van der Waals surface area contributed by atoms with Gasteiger partial charge >= 0.3 is 11.9 Å². The van der Waals surface area contributed by atoms with E-state index in [1.807, 2.05) is 37.3 Å². The highest BCUT2D eigenvalue weighted by atomic mass is 32.1. The molecule has 2 aliphatic rings. The molecule has 3 heterocycles. The molecule has 0 radical (unpaired) electrons. The molecule has 1 unspecified atom stereocenters. The van der Waals surface area contributed by atoms with Crippen LogP contribution in [0, 0.1) is 6.92 Å². The lowest BCUT2D eigenvalue weighted by Gasteiger charge is -2.24. The zero-order valence-corrected chi connectivity index (χ0v) is 26.1.